The molecule has 2 fully saturated rings. The van der Waals surface area contributed by atoms with Crippen LogP contribution >= 0.6 is 0 Å². The second-order valence-electron chi connectivity index (χ2n) is 7.71. The predicted octanol–water partition coefficient (Wildman–Crippen LogP) is 4.23. The van der Waals surface area contributed by atoms with Gasteiger partial charge in [0.05, 0.1) is 0 Å². The number of anilines is 3. The van der Waals surface area contributed by atoms with Crippen molar-refractivity contribution in [2.45, 2.75) is 51.5 Å². The van der Waals surface area contributed by atoms with Gasteiger partial charge in [-0.3, -0.25) is 4.79 Å². The van der Waals surface area contributed by atoms with Crippen LogP contribution in [0.4, 0.5) is 17.2 Å². The summed E-state index contributed by atoms with van der Waals surface area (Å²) in [5, 5.41) is 3.30. The summed E-state index contributed by atoms with van der Waals surface area (Å²) in [5.74, 6) is 0.665. The molecular formula is C22H29N5O. The molecule has 1 aromatic carbocycles. The van der Waals surface area contributed by atoms with Crippen LogP contribution < -0.4 is 10.2 Å². The van der Waals surface area contributed by atoms with Crippen LogP contribution in [0.2, 0.25) is 0 Å². The van der Waals surface area contributed by atoms with E-state index >= 15 is 0 Å². The SMILES string of the molecule is CCC1CCCCN1C(=O)c1cc(Nc2ccc(N3CCCC3)cc2)ncn1. The number of carbonyl (C=O) groups is 1. The number of aromatic nitrogens is 2. The zero-order valence-corrected chi connectivity index (χ0v) is 16.6. The monoisotopic (exact) mass is 379 g/mol. The first-order chi connectivity index (χ1) is 13.7. The molecule has 0 radical (unpaired) electrons. The Morgan fingerprint density at radius 1 is 1.07 bits per heavy atom. The van der Waals surface area contributed by atoms with Gasteiger partial charge in [-0.1, -0.05) is 6.92 Å². The minimum Gasteiger partial charge on any atom is -0.372 e. The minimum absolute atomic E-state index is 0.0152. The van der Waals surface area contributed by atoms with Crippen LogP contribution in [0.15, 0.2) is 36.7 Å². The fourth-order valence-corrected chi connectivity index (χ4v) is 4.26. The van der Waals surface area contributed by atoms with Gasteiger partial charge in [0, 0.05) is 43.1 Å². The van der Waals surface area contributed by atoms with Gasteiger partial charge in [-0.05, 0) is 62.8 Å². The highest BCUT2D eigenvalue weighted by atomic mass is 16.2. The molecule has 1 atom stereocenters. The van der Waals surface area contributed by atoms with Crippen molar-refractivity contribution in [3.8, 4) is 0 Å². The molecule has 0 bridgehead atoms. The highest BCUT2D eigenvalue weighted by molar-refractivity contribution is 5.93. The van der Waals surface area contributed by atoms with E-state index in [1.807, 2.05) is 4.90 Å². The Morgan fingerprint density at radius 2 is 1.82 bits per heavy atom. The summed E-state index contributed by atoms with van der Waals surface area (Å²) < 4.78 is 0. The van der Waals surface area contributed by atoms with Crippen LogP contribution in [0.3, 0.4) is 0 Å². The van der Waals surface area contributed by atoms with Gasteiger partial charge in [-0.15, -0.1) is 0 Å². The third kappa shape index (κ3) is 4.11. The van der Waals surface area contributed by atoms with Gasteiger partial charge in [0.15, 0.2) is 0 Å². The van der Waals surface area contributed by atoms with Gasteiger partial charge in [0.25, 0.3) is 5.91 Å². The van der Waals surface area contributed by atoms with E-state index in [4.69, 9.17) is 0 Å². The number of amides is 1. The lowest BCUT2D eigenvalue weighted by Crippen LogP contribution is -2.43. The smallest absolute Gasteiger partial charge is 0.272 e. The fraction of sp³-hybridized carbons (Fsp3) is 0.500. The second kappa shape index (κ2) is 8.59. The number of carbonyl (C=O) groups excluding carboxylic acids is 1. The summed E-state index contributed by atoms with van der Waals surface area (Å²) in [6.07, 6.45) is 8.36. The van der Waals surface area contributed by atoms with E-state index in [9.17, 15) is 4.79 Å². The Labute approximate surface area is 167 Å². The standard InChI is InChI=1S/C22H29N5O/c1-2-18-7-3-4-14-27(18)22(28)20-15-21(24-16-23-20)25-17-8-10-19(11-9-17)26-12-5-6-13-26/h8-11,15-16,18H,2-7,12-14H2,1H3,(H,23,24,25). The third-order valence-electron chi connectivity index (χ3n) is 5.86. The topological polar surface area (TPSA) is 61.4 Å². The van der Waals surface area contributed by atoms with Crippen LogP contribution in [0.1, 0.15) is 55.9 Å². The second-order valence-corrected chi connectivity index (χ2v) is 7.71. The highest BCUT2D eigenvalue weighted by Gasteiger charge is 2.27. The molecule has 1 amide bonds. The molecular weight excluding hydrogens is 350 g/mol. The predicted molar refractivity (Wildman–Crippen MR) is 112 cm³/mol. The summed E-state index contributed by atoms with van der Waals surface area (Å²) in [6.45, 7) is 5.25. The maximum atomic E-state index is 13.0. The van der Waals surface area contributed by atoms with Gasteiger partial charge < -0.3 is 15.1 Å². The lowest BCUT2D eigenvalue weighted by Gasteiger charge is -2.35. The first kappa shape index (κ1) is 18.7. The van der Waals surface area contributed by atoms with Crippen LogP contribution in [-0.2, 0) is 0 Å². The van der Waals surface area contributed by atoms with Crippen molar-refractivity contribution in [2.24, 2.45) is 0 Å². The summed E-state index contributed by atoms with van der Waals surface area (Å²) in [6, 6.07) is 10.5. The molecule has 2 aromatic rings. The molecule has 28 heavy (non-hydrogen) atoms. The molecule has 148 valence electrons. The zero-order chi connectivity index (χ0) is 19.3. The lowest BCUT2D eigenvalue weighted by molar-refractivity contribution is 0.0602. The van der Waals surface area contributed by atoms with Gasteiger partial charge >= 0.3 is 0 Å². The van der Waals surface area contributed by atoms with Crippen LogP contribution in [0, 0.1) is 0 Å². The fourth-order valence-electron chi connectivity index (χ4n) is 4.26. The first-order valence-corrected chi connectivity index (χ1v) is 10.5. The van der Waals surface area contributed by atoms with E-state index in [1.165, 1.54) is 31.3 Å². The van der Waals surface area contributed by atoms with Gasteiger partial charge in [-0.25, -0.2) is 9.97 Å². The number of piperidine rings is 1. The van der Waals surface area contributed by atoms with Crippen molar-refractivity contribution in [2.75, 3.05) is 29.9 Å². The molecule has 1 unspecified atom stereocenters. The summed E-state index contributed by atoms with van der Waals surface area (Å²) in [7, 11) is 0. The van der Waals surface area contributed by atoms with E-state index in [-0.39, 0.29) is 5.91 Å². The molecule has 1 N–H and O–H groups in total. The Kier molecular flexibility index (Phi) is 5.74. The number of benzene rings is 1. The average Bonchev–Trinajstić information content (AvgIpc) is 3.29. The molecule has 1 aromatic heterocycles. The Balaban J connectivity index is 1.45. The first-order valence-electron chi connectivity index (χ1n) is 10.5. The summed E-state index contributed by atoms with van der Waals surface area (Å²) in [4.78, 5) is 25.9. The van der Waals surface area contributed by atoms with E-state index in [2.05, 4.69) is 51.4 Å². The molecule has 3 heterocycles. The summed E-state index contributed by atoms with van der Waals surface area (Å²) >= 11 is 0. The molecule has 4 rings (SSSR count). The minimum atomic E-state index is 0.0152. The Bertz CT molecular complexity index is 801. The Hall–Kier alpha value is -2.63. The van der Waals surface area contributed by atoms with E-state index in [0.717, 1.165) is 44.6 Å². The number of likely N-dealkylation sites (tertiary alicyclic amines) is 1. The van der Waals surface area contributed by atoms with E-state index < -0.39 is 0 Å². The lowest BCUT2D eigenvalue weighted by atomic mass is 9.99. The number of hydrogen-bond donors (Lipinski definition) is 1. The normalized spacial score (nSPS) is 19.7. The molecule has 0 saturated carbocycles. The zero-order valence-electron chi connectivity index (χ0n) is 16.6. The Morgan fingerprint density at radius 3 is 2.57 bits per heavy atom. The summed E-state index contributed by atoms with van der Waals surface area (Å²) in [5.41, 5.74) is 2.69. The molecule has 2 aliphatic rings. The van der Waals surface area contributed by atoms with Gasteiger partial charge in [0.2, 0.25) is 0 Å². The molecule has 0 aliphatic carbocycles. The largest absolute Gasteiger partial charge is 0.372 e. The van der Waals surface area contributed by atoms with Gasteiger partial charge in [-0.2, -0.15) is 0 Å². The van der Waals surface area contributed by atoms with Gasteiger partial charge in [0.1, 0.15) is 17.8 Å². The average molecular weight is 380 g/mol. The van der Waals surface area contributed by atoms with Crippen LogP contribution in [0.25, 0.3) is 0 Å². The molecule has 0 spiro atoms. The van der Waals surface area contributed by atoms with Crippen LogP contribution in [0.5, 0.6) is 0 Å². The van der Waals surface area contributed by atoms with Crippen LogP contribution in [-0.4, -0.2) is 46.5 Å². The van der Waals surface area contributed by atoms with Crippen molar-refractivity contribution in [3.05, 3.63) is 42.4 Å². The van der Waals surface area contributed by atoms with E-state index in [1.54, 1.807) is 6.07 Å². The number of rotatable bonds is 5. The van der Waals surface area contributed by atoms with Crippen molar-refractivity contribution in [1.82, 2.24) is 14.9 Å². The number of hydrogen-bond acceptors (Lipinski definition) is 5. The molecule has 6 heteroatoms. The third-order valence-corrected chi connectivity index (χ3v) is 5.86. The van der Waals surface area contributed by atoms with Crippen molar-refractivity contribution < 1.29 is 4.79 Å². The maximum Gasteiger partial charge on any atom is 0.272 e. The maximum absolute atomic E-state index is 13.0. The highest BCUT2D eigenvalue weighted by Crippen LogP contribution is 2.24. The van der Waals surface area contributed by atoms with E-state index in [0.29, 0.717) is 17.6 Å². The molecule has 2 aliphatic heterocycles. The quantitative estimate of drug-likeness (QED) is 0.843. The van der Waals surface area contributed by atoms with Crippen molar-refractivity contribution >= 4 is 23.1 Å². The number of nitrogens with one attached hydrogen (secondary N) is 1. The molecule has 2 saturated heterocycles. The molecule has 6 nitrogen and oxygen atoms in total. The van der Waals surface area contributed by atoms with Crippen molar-refractivity contribution in [3.63, 3.8) is 0 Å². The number of nitrogens with zero attached hydrogens (tertiary/aromatic N) is 4. The van der Waals surface area contributed by atoms with Crippen molar-refractivity contribution in [1.29, 1.82) is 0 Å².